The zero-order valence-electron chi connectivity index (χ0n) is 39.0. The van der Waals surface area contributed by atoms with Crippen LogP contribution in [-0.4, -0.2) is 128 Å². The minimum atomic E-state index is -2.13. The van der Waals surface area contributed by atoms with Crippen LogP contribution in [0.3, 0.4) is 0 Å². The minimum absolute atomic E-state index is 0.00380. The summed E-state index contributed by atoms with van der Waals surface area (Å²) in [6, 6.07) is 43.5. The van der Waals surface area contributed by atoms with Gasteiger partial charge in [-0.2, -0.15) is 0 Å². The Kier molecular flexibility index (Phi) is 18.2. The van der Waals surface area contributed by atoms with Gasteiger partial charge in [-0.05, 0) is 60.4 Å². The Morgan fingerprint density at radius 3 is 1.58 bits per heavy atom. The van der Waals surface area contributed by atoms with Crippen molar-refractivity contribution in [1.29, 1.82) is 0 Å². The lowest BCUT2D eigenvalue weighted by molar-refractivity contribution is -0.287. The van der Waals surface area contributed by atoms with Crippen LogP contribution in [0.5, 0.6) is 0 Å². The normalized spacial score (nSPS) is 27.0. The Morgan fingerprint density at radius 1 is 0.563 bits per heavy atom. The molecule has 5 aromatic carbocycles. The van der Waals surface area contributed by atoms with Gasteiger partial charge in [0.25, 0.3) is 5.79 Å². The summed E-state index contributed by atoms with van der Waals surface area (Å²) in [5.41, 5.74) is 2.24. The van der Waals surface area contributed by atoms with Crippen molar-refractivity contribution in [2.24, 2.45) is 0 Å². The number of allylic oxidation sites excluding steroid dienone is 1. The molecule has 0 aromatic heterocycles. The van der Waals surface area contributed by atoms with Gasteiger partial charge in [0.1, 0.15) is 37.1 Å². The Hall–Kier alpha value is -6.15. The van der Waals surface area contributed by atoms with Gasteiger partial charge in [-0.1, -0.05) is 121 Å². The van der Waals surface area contributed by atoms with Crippen LogP contribution in [-0.2, 0) is 65.3 Å². The van der Waals surface area contributed by atoms with E-state index in [0.717, 1.165) is 11.1 Å². The van der Waals surface area contributed by atoms with Gasteiger partial charge in [0.05, 0.1) is 56.3 Å². The molecule has 16 heteroatoms. The molecule has 11 unspecified atom stereocenters. The molecule has 0 radical (unpaired) electrons. The molecule has 0 bridgehead atoms. The fourth-order valence-corrected chi connectivity index (χ4v) is 8.49. The van der Waals surface area contributed by atoms with E-state index in [4.69, 9.17) is 52.1 Å². The van der Waals surface area contributed by atoms with Gasteiger partial charge in [-0.3, -0.25) is 0 Å². The molecule has 16 nitrogen and oxygen atoms in total. The summed E-state index contributed by atoms with van der Waals surface area (Å²) in [5, 5.41) is 21.4. The predicted octanol–water partition coefficient (Wildman–Crippen LogP) is 6.38. The lowest BCUT2D eigenvalue weighted by atomic mass is 10.0. The SMILES string of the molecule is C=CCCCOC1OC(COC2OC(CO)C(OCc3ccccc3)C2OC(=O)c2ccccc2)C(OC2(OC(=O)c3ccccc3)COC(CO)C2OCc2ccccc2)C1OC(=O)c1ccccc1. The van der Waals surface area contributed by atoms with Crippen molar-refractivity contribution in [3.63, 3.8) is 0 Å². The number of rotatable bonds is 24. The summed E-state index contributed by atoms with van der Waals surface area (Å²) in [6.07, 6.45) is -9.36. The lowest BCUT2D eigenvalue weighted by Crippen LogP contribution is -2.57. The number of aliphatic hydroxyl groups is 2. The maximum absolute atomic E-state index is 14.2. The first-order valence-electron chi connectivity index (χ1n) is 23.6. The van der Waals surface area contributed by atoms with Crippen molar-refractivity contribution in [3.05, 3.63) is 192 Å². The number of ether oxygens (including phenoxy) is 11. The molecule has 3 fully saturated rings. The number of carbonyl (C=O) groups excluding carboxylic acids is 3. The van der Waals surface area contributed by atoms with Gasteiger partial charge in [0.2, 0.25) is 0 Å². The second kappa shape index (κ2) is 25.3. The van der Waals surface area contributed by atoms with E-state index in [1.54, 1.807) is 97.1 Å². The van der Waals surface area contributed by atoms with Crippen LogP contribution in [0.15, 0.2) is 164 Å². The number of carbonyl (C=O) groups is 3. The van der Waals surface area contributed by atoms with E-state index in [2.05, 4.69) is 6.58 Å². The summed E-state index contributed by atoms with van der Waals surface area (Å²) >= 11 is 0. The molecular weight excluding hydrogens is 917 g/mol. The molecule has 71 heavy (non-hydrogen) atoms. The molecule has 3 heterocycles. The topological polar surface area (TPSA) is 193 Å². The minimum Gasteiger partial charge on any atom is -0.450 e. The first-order chi connectivity index (χ1) is 34.8. The molecule has 8 rings (SSSR count). The van der Waals surface area contributed by atoms with E-state index < -0.39 is 112 Å². The number of aliphatic hydroxyl groups excluding tert-OH is 2. The fraction of sp³-hybridized carbons (Fsp3) is 0.364. The highest BCUT2D eigenvalue weighted by Crippen LogP contribution is 2.40. The quantitative estimate of drug-likeness (QED) is 0.0227. The zero-order valence-corrected chi connectivity index (χ0v) is 39.0. The Balaban J connectivity index is 1.15. The van der Waals surface area contributed by atoms with E-state index in [1.807, 2.05) is 60.7 Å². The van der Waals surface area contributed by atoms with Gasteiger partial charge in [0.15, 0.2) is 30.9 Å². The van der Waals surface area contributed by atoms with Crippen LogP contribution >= 0.6 is 0 Å². The zero-order chi connectivity index (χ0) is 49.4. The lowest BCUT2D eigenvalue weighted by Gasteiger charge is -2.38. The van der Waals surface area contributed by atoms with Crippen LogP contribution in [0.2, 0.25) is 0 Å². The van der Waals surface area contributed by atoms with E-state index in [9.17, 15) is 24.6 Å². The van der Waals surface area contributed by atoms with Crippen LogP contribution in [0.1, 0.15) is 55.0 Å². The van der Waals surface area contributed by atoms with Crippen molar-refractivity contribution >= 4 is 17.9 Å². The fourth-order valence-electron chi connectivity index (χ4n) is 8.49. The molecule has 0 saturated carbocycles. The van der Waals surface area contributed by atoms with E-state index >= 15 is 0 Å². The van der Waals surface area contributed by atoms with Crippen molar-refractivity contribution in [2.45, 2.75) is 93.3 Å². The van der Waals surface area contributed by atoms with Gasteiger partial charge < -0.3 is 62.3 Å². The second-order valence-corrected chi connectivity index (χ2v) is 17.0. The highest BCUT2D eigenvalue weighted by molar-refractivity contribution is 5.90. The average Bonchev–Trinajstić information content (AvgIpc) is 4.05. The molecule has 0 amide bonds. The van der Waals surface area contributed by atoms with Gasteiger partial charge >= 0.3 is 17.9 Å². The molecule has 3 saturated heterocycles. The molecule has 374 valence electrons. The molecule has 0 spiro atoms. The van der Waals surface area contributed by atoms with Crippen molar-refractivity contribution in [1.82, 2.24) is 0 Å². The highest BCUT2D eigenvalue weighted by atomic mass is 16.8. The smallest absolute Gasteiger partial charge is 0.340 e. The number of unbranched alkanes of at least 4 members (excludes halogenated alkanes) is 1. The third-order valence-electron chi connectivity index (χ3n) is 12.1. The standard InChI is InChI=1S/C55H58O16/c1-2-3-19-30-61-53-48(69-51(59)40-26-15-7-16-27-40)46(70-55(71-52(60)41-28-17-8-18-29-41)36-65-43(32-57)49(55)63-34-38-22-11-5-12-23-38)44(67-53)35-64-54-47(68-50(58)39-24-13-6-14-25-39)45(42(31-56)66-54)62-33-37-20-9-4-10-21-37/h2,4-18,20-29,42-49,53-54,56-57H,1,3,19,30-36H2. The van der Waals surface area contributed by atoms with Gasteiger partial charge in [0, 0.05) is 0 Å². The number of esters is 3. The van der Waals surface area contributed by atoms with Crippen LogP contribution < -0.4 is 0 Å². The molecule has 3 aliphatic rings. The summed E-state index contributed by atoms with van der Waals surface area (Å²) < 4.78 is 70.4. The summed E-state index contributed by atoms with van der Waals surface area (Å²) in [5.74, 6) is -4.37. The Morgan fingerprint density at radius 2 is 1.04 bits per heavy atom. The van der Waals surface area contributed by atoms with Crippen molar-refractivity contribution in [3.8, 4) is 0 Å². The van der Waals surface area contributed by atoms with E-state index in [0.29, 0.717) is 12.8 Å². The van der Waals surface area contributed by atoms with Crippen LogP contribution in [0, 0.1) is 0 Å². The van der Waals surface area contributed by atoms with E-state index in [-0.39, 0.29) is 36.5 Å². The molecule has 11 atom stereocenters. The predicted molar refractivity (Wildman–Crippen MR) is 253 cm³/mol. The Labute approximate surface area is 411 Å². The van der Waals surface area contributed by atoms with Crippen LogP contribution in [0.4, 0.5) is 0 Å². The maximum atomic E-state index is 14.2. The Bertz CT molecular complexity index is 2430. The third kappa shape index (κ3) is 13.0. The first kappa shape index (κ1) is 51.2. The number of benzene rings is 5. The van der Waals surface area contributed by atoms with Crippen molar-refractivity contribution < 1.29 is 76.7 Å². The highest BCUT2D eigenvalue weighted by Gasteiger charge is 2.61. The number of hydrogen-bond donors (Lipinski definition) is 2. The second-order valence-electron chi connectivity index (χ2n) is 17.0. The van der Waals surface area contributed by atoms with Gasteiger partial charge in [-0.25, -0.2) is 14.4 Å². The summed E-state index contributed by atoms with van der Waals surface area (Å²) in [6.45, 7) is 2.12. The van der Waals surface area contributed by atoms with Crippen LogP contribution in [0.25, 0.3) is 0 Å². The number of hydrogen-bond acceptors (Lipinski definition) is 16. The summed E-state index contributed by atoms with van der Waals surface area (Å²) in [7, 11) is 0. The maximum Gasteiger partial charge on any atom is 0.340 e. The average molecular weight is 975 g/mol. The first-order valence-corrected chi connectivity index (χ1v) is 23.6. The largest absolute Gasteiger partial charge is 0.450 e. The third-order valence-corrected chi connectivity index (χ3v) is 12.1. The monoisotopic (exact) mass is 974 g/mol. The molecule has 3 aliphatic heterocycles. The molecular formula is C55H58O16. The van der Waals surface area contributed by atoms with Crippen molar-refractivity contribution in [2.75, 3.05) is 33.0 Å². The molecule has 2 N–H and O–H groups in total. The summed E-state index contributed by atoms with van der Waals surface area (Å²) in [4.78, 5) is 42.0. The van der Waals surface area contributed by atoms with Gasteiger partial charge in [-0.15, -0.1) is 6.58 Å². The molecule has 0 aliphatic carbocycles. The molecule has 5 aromatic rings. The van der Waals surface area contributed by atoms with E-state index in [1.165, 1.54) is 0 Å².